The number of rotatable bonds is 4. The van der Waals surface area contributed by atoms with Crippen molar-refractivity contribution in [2.24, 2.45) is 28.6 Å². The summed E-state index contributed by atoms with van der Waals surface area (Å²) in [7, 11) is 0. The van der Waals surface area contributed by atoms with Gasteiger partial charge in [0.15, 0.2) is 23.0 Å². The van der Waals surface area contributed by atoms with Gasteiger partial charge in [0, 0.05) is 22.9 Å². The van der Waals surface area contributed by atoms with E-state index < -0.39 is 40.3 Å². The molecule has 1 aromatic rings. The molecule has 6 rings (SSSR count). The molecule has 1 amide bonds. The number of aliphatic hydroxyl groups is 1. The lowest BCUT2D eigenvalue weighted by molar-refractivity contribution is -0.224. The Morgan fingerprint density at radius 1 is 1.21 bits per heavy atom. The minimum atomic E-state index is -1.29. The molecular weight excluding hydrogens is 484 g/mol. The summed E-state index contributed by atoms with van der Waals surface area (Å²) in [5, 5.41) is 14.5. The first-order valence-corrected chi connectivity index (χ1v) is 13.6. The molecule has 8 nitrogen and oxygen atoms in total. The van der Waals surface area contributed by atoms with Crippen molar-refractivity contribution < 1.29 is 29.0 Å². The molecule has 4 fully saturated rings. The third-order valence-electron chi connectivity index (χ3n) is 10.2. The number of allylic oxidation sites excluding steroid dienone is 4. The number of pyridine rings is 1. The molecule has 0 spiro atoms. The Morgan fingerprint density at radius 2 is 2.00 bits per heavy atom. The standard InChI is InChI=1S/C30H36N2O6/c1-27(2)37-24-14-20-19-9-8-17-13-18(33)10-11-28(17,3)25(19)22(34)15-29(20,4)30(24,38-27)23(35)16-32-26(36)21-7-5-6-12-31-21/h5-7,10-13,19-20,22,24-25,34H,8-9,14-16H2,1-4H3,(H,32,36)/t19?,20?,22-,24+,25?,28?,29?,30-/m0/s1. The highest BCUT2D eigenvalue weighted by molar-refractivity contribution is 6.01. The van der Waals surface area contributed by atoms with Crippen molar-refractivity contribution in [3.63, 3.8) is 0 Å². The van der Waals surface area contributed by atoms with E-state index in [1.807, 2.05) is 19.9 Å². The summed E-state index contributed by atoms with van der Waals surface area (Å²) in [6, 6.07) is 5.05. The van der Waals surface area contributed by atoms with Crippen molar-refractivity contribution >= 4 is 17.5 Å². The molecule has 3 saturated carbocycles. The van der Waals surface area contributed by atoms with E-state index in [4.69, 9.17) is 9.47 Å². The molecule has 1 saturated heterocycles. The molecule has 0 aromatic carbocycles. The number of ether oxygens (including phenoxy) is 2. The number of carbonyl (C=O) groups excluding carboxylic acids is 3. The van der Waals surface area contributed by atoms with E-state index >= 15 is 0 Å². The van der Waals surface area contributed by atoms with Crippen molar-refractivity contribution in [3.05, 3.63) is 53.9 Å². The van der Waals surface area contributed by atoms with Crippen LogP contribution in [0, 0.1) is 28.6 Å². The largest absolute Gasteiger partial charge is 0.393 e. The fourth-order valence-electron chi connectivity index (χ4n) is 8.80. The van der Waals surface area contributed by atoms with Crippen molar-refractivity contribution in [1.82, 2.24) is 10.3 Å². The van der Waals surface area contributed by atoms with Gasteiger partial charge in [0.25, 0.3) is 5.91 Å². The Hall–Kier alpha value is -2.68. The topological polar surface area (TPSA) is 115 Å². The fourth-order valence-corrected chi connectivity index (χ4v) is 8.80. The van der Waals surface area contributed by atoms with Crippen LogP contribution in [0.3, 0.4) is 0 Å². The number of carbonyl (C=O) groups is 3. The zero-order valence-electron chi connectivity index (χ0n) is 22.4. The number of fused-ring (bicyclic) bond motifs is 7. The highest BCUT2D eigenvalue weighted by Crippen LogP contribution is 2.70. The number of amides is 1. The maximum Gasteiger partial charge on any atom is 0.270 e. The minimum Gasteiger partial charge on any atom is -0.393 e. The first-order chi connectivity index (χ1) is 17.9. The quantitative estimate of drug-likeness (QED) is 0.627. The number of hydrogen-bond donors (Lipinski definition) is 2. The number of hydrogen-bond acceptors (Lipinski definition) is 7. The molecule has 5 aliphatic rings. The molecule has 0 radical (unpaired) electrons. The van der Waals surface area contributed by atoms with Crippen molar-refractivity contribution in [2.45, 2.75) is 77.0 Å². The van der Waals surface area contributed by atoms with Gasteiger partial charge in [-0.1, -0.05) is 31.6 Å². The molecule has 5 unspecified atom stereocenters. The molecular formula is C30H36N2O6. The second kappa shape index (κ2) is 8.41. The normalized spacial score (nSPS) is 42.4. The van der Waals surface area contributed by atoms with Crippen LogP contribution in [0.25, 0.3) is 0 Å². The first-order valence-electron chi connectivity index (χ1n) is 13.6. The van der Waals surface area contributed by atoms with Gasteiger partial charge in [-0.05, 0) is 75.7 Å². The highest BCUT2D eigenvalue weighted by atomic mass is 16.8. The number of aliphatic hydroxyl groups excluding tert-OH is 1. The molecule has 2 N–H and O–H groups in total. The lowest BCUT2D eigenvalue weighted by Crippen LogP contribution is -2.64. The Morgan fingerprint density at radius 3 is 2.74 bits per heavy atom. The summed E-state index contributed by atoms with van der Waals surface area (Å²) >= 11 is 0. The molecule has 1 aliphatic heterocycles. The summed E-state index contributed by atoms with van der Waals surface area (Å²) in [6.07, 6.45) is 8.35. The zero-order valence-corrected chi connectivity index (χ0v) is 22.4. The van der Waals surface area contributed by atoms with Crippen molar-refractivity contribution in [2.75, 3.05) is 6.54 Å². The maximum atomic E-state index is 14.1. The van der Waals surface area contributed by atoms with E-state index in [-0.39, 0.29) is 41.6 Å². The van der Waals surface area contributed by atoms with Crippen LogP contribution in [-0.2, 0) is 19.1 Å². The van der Waals surface area contributed by atoms with Crippen LogP contribution in [0.15, 0.2) is 48.2 Å². The SMILES string of the molecule is CC1(C)O[C@@H]2CC3C4CCC5=CC(=O)C=CC5(C)C4[C@@H](O)CC3(C)[C@@]2(C(=O)CNC(=O)c2ccccn2)O1. The van der Waals surface area contributed by atoms with Gasteiger partial charge >= 0.3 is 0 Å². The molecule has 1 aromatic heterocycles. The minimum absolute atomic E-state index is 0.00259. The smallest absolute Gasteiger partial charge is 0.270 e. The van der Waals surface area contributed by atoms with Crippen LogP contribution in [0.1, 0.15) is 63.9 Å². The van der Waals surface area contributed by atoms with E-state index in [0.717, 1.165) is 18.4 Å². The monoisotopic (exact) mass is 520 g/mol. The number of nitrogens with zero attached hydrogens (tertiary/aromatic N) is 1. The van der Waals surface area contributed by atoms with Crippen LogP contribution in [-0.4, -0.2) is 57.7 Å². The van der Waals surface area contributed by atoms with E-state index in [0.29, 0.717) is 12.8 Å². The van der Waals surface area contributed by atoms with Crippen molar-refractivity contribution in [3.8, 4) is 0 Å². The van der Waals surface area contributed by atoms with Gasteiger partial charge in [0.05, 0.1) is 18.8 Å². The van der Waals surface area contributed by atoms with E-state index in [9.17, 15) is 19.5 Å². The summed E-state index contributed by atoms with van der Waals surface area (Å²) in [5.41, 5.74) is -1.05. The zero-order chi connectivity index (χ0) is 27.1. The third kappa shape index (κ3) is 3.46. The average molecular weight is 521 g/mol. The van der Waals surface area contributed by atoms with Gasteiger partial charge < -0.3 is 19.9 Å². The summed E-state index contributed by atoms with van der Waals surface area (Å²) in [6.45, 7) is 7.61. The Labute approximate surface area is 222 Å². The molecule has 8 atom stereocenters. The van der Waals surface area contributed by atoms with Gasteiger partial charge in [0.1, 0.15) is 5.69 Å². The number of nitrogens with one attached hydrogen (secondary N) is 1. The number of ketones is 2. The van der Waals surface area contributed by atoms with Gasteiger partial charge in [-0.2, -0.15) is 0 Å². The second-order valence-electron chi connectivity index (χ2n) is 12.6. The summed E-state index contributed by atoms with van der Waals surface area (Å²) < 4.78 is 13.0. The molecule has 38 heavy (non-hydrogen) atoms. The maximum absolute atomic E-state index is 14.1. The first kappa shape index (κ1) is 25.6. The average Bonchev–Trinajstić information content (AvgIpc) is 3.28. The van der Waals surface area contributed by atoms with Crippen LogP contribution in [0.5, 0.6) is 0 Å². The second-order valence-corrected chi connectivity index (χ2v) is 12.6. The van der Waals surface area contributed by atoms with Crippen LogP contribution in [0.4, 0.5) is 0 Å². The van der Waals surface area contributed by atoms with Crippen LogP contribution >= 0.6 is 0 Å². The Kier molecular flexibility index (Phi) is 5.66. The van der Waals surface area contributed by atoms with E-state index in [2.05, 4.69) is 24.1 Å². The molecule has 2 heterocycles. The van der Waals surface area contributed by atoms with Gasteiger partial charge in [-0.3, -0.25) is 19.4 Å². The van der Waals surface area contributed by atoms with Gasteiger partial charge in [0.2, 0.25) is 0 Å². The highest BCUT2D eigenvalue weighted by Gasteiger charge is 2.76. The number of Topliss-reactive ketones (excluding diaryl/α,β-unsaturated/α-hetero) is 1. The Bertz CT molecular complexity index is 1260. The van der Waals surface area contributed by atoms with Crippen molar-refractivity contribution in [1.29, 1.82) is 0 Å². The van der Waals surface area contributed by atoms with Gasteiger partial charge in [-0.25, -0.2) is 0 Å². The lowest BCUT2D eigenvalue weighted by Gasteiger charge is -2.60. The number of aromatic nitrogens is 1. The van der Waals surface area contributed by atoms with E-state index in [1.54, 1.807) is 30.4 Å². The Balaban J connectivity index is 1.33. The molecule has 202 valence electrons. The summed E-state index contributed by atoms with van der Waals surface area (Å²) in [5.74, 6) is -1.47. The van der Waals surface area contributed by atoms with E-state index in [1.165, 1.54) is 6.20 Å². The lowest BCUT2D eigenvalue weighted by atomic mass is 9.46. The molecule has 0 bridgehead atoms. The molecule has 8 heteroatoms. The predicted molar refractivity (Wildman–Crippen MR) is 138 cm³/mol. The van der Waals surface area contributed by atoms with Crippen LogP contribution in [0.2, 0.25) is 0 Å². The van der Waals surface area contributed by atoms with Crippen LogP contribution < -0.4 is 5.32 Å². The third-order valence-corrected chi connectivity index (χ3v) is 10.2. The summed E-state index contributed by atoms with van der Waals surface area (Å²) in [4.78, 5) is 43.0. The molecule has 4 aliphatic carbocycles. The van der Waals surface area contributed by atoms with Gasteiger partial charge in [-0.15, -0.1) is 0 Å². The fraction of sp³-hybridized carbons (Fsp3) is 0.600. The predicted octanol–water partition coefficient (Wildman–Crippen LogP) is 3.16.